The average Bonchev–Trinajstić information content (AvgIpc) is 3.10. The molecule has 9 nitrogen and oxygen atoms in total. The number of ether oxygens (including phenoxy) is 3. The number of carbonyl (C=O) groups excluding carboxylic acids is 2. The molecule has 1 fully saturated rings. The molecule has 0 unspecified atom stereocenters. The summed E-state index contributed by atoms with van der Waals surface area (Å²) in [6, 6.07) is 20.6. The van der Waals surface area contributed by atoms with Gasteiger partial charge in [0.25, 0.3) is 0 Å². The molecule has 2 heterocycles. The number of nitrogens with one attached hydrogen (secondary N) is 3. The van der Waals surface area contributed by atoms with E-state index in [0.717, 1.165) is 6.20 Å². The van der Waals surface area contributed by atoms with E-state index < -0.39 is 35.4 Å². The summed E-state index contributed by atoms with van der Waals surface area (Å²) in [5.41, 5.74) is 1.89. The van der Waals surface area contributed by atoms with Crippen LogP contribution in [0.2, 0.25) is 0 Å². The number of rotatable bonds is 14. The Balaban J connectivity index is 1.08. The molecule has 0 spiro atoms. The summed E-state index contributed by atoms with van der Waals surface area (Å²) in [6.45, 7) is 1.48. The van der Waals surface area contributed by atoms with Crippen molar-refractivity contribution in [2.45, 2.75) is 37.3 Å². The predicted octanol–water partition coefficient (Wildman–Crippen LogP) is 5.75. The van der Waals surface area contributed by atoms with Crippen molar-refractivity contribution in [3.63, 3.8) is 0 Å². The molecule has 2 atom stereocenters. The van der Waals surface area contributed by atoms with Crippen LogP contribution in [0.4, 0.5) is 23.7 Å². The third kappa shape index (κ3) is 10.3. The van der Waals surface area contributed by atoms with Gasteiger partial charge in [0.1, 0.15) is 36.4 Å². The van der Waals surface area contributed by atoms with Gasteiger partial charge >= 0.3 is 6.09 Å². The van der Waals surface area contributed by atoms with Crippen molar-refractivity contribution in [1.82, 2.24) is 15.6 Å². The number of carbonyl (C=O) groups is 2. The third-order valence-electron chi connectivity index (χ3n) is 7.90. The fourth-order valence-corrected chi connectivity index (χ4v) is 5.36. The van der Waals surface area contributed by atoms with Crippen molar-refractivity contribution < 1.29 is 37.0 Å². The smallest absolute Gasteiger partial charge is 0.407 e. The molecule has 1 aliphatic rings. The number of amides is 2. The number of hydrogen-bond acceptors (Lipinski definition) is 7. The van der Waals surface area contributed by atoms with Gasteiger partial charge in [-0.05, 0) is 60.4 Å². The Labute approximate surface area is 276 Å². The van der Waals surface area contributed by atoms with Gasteiger partial charge in [-0.25, -0.2) is 18.0 Å². The molecule has 1 saturated heterocycles. The lowest BCUT2D eigenvalue weighted by atomic mass is 9.88. The predicted molar refractivity (Wildman–Crippen MR) is 173 cm³/mol. The second-order valence-corrected chi connectivity index (χ2v) is 11.3. The van der Waals surface area contributed by atoms with E-state index in [9.17, 15) is 22.8 Å². The lowest BCUT2D eigenvalue weighted by Crippen LogP contribution is -2.49. The van der Waals surface area contributed by atoms with Crippen molar-refractivity contribution in [3.8, 4) is 5.75 Å². The molecule has 0 bridgehead atoms. The molecule has 0 radical (unpaired) electrons. The SMILES string of the molecule is O=C(CC(c1ccc(F)cc1)c1ccc(F)cc1)Nc1cncc(F)c1CC[C@@H]1CN[C@H](COC(=O)NCCOc2ccccc2)CO1. The molecular weight excluding hydrogens is 625 g/mol. The van der Waals surface area contributed by atoms with Crippen molar-refractivity contribution >= 4 is 17.7 Å². The number of alkyl carbamates (subject to hydrolysis) is 1. The van der Waals surface area contributed by atoms with Gasteiger partial charge in [0.2, 0.25) is 5.91 Å². The maximum atomic E-state index is 15.0. The number of pyridine rings is 1. The van der Waals surface area contributed by atoms with Gasteiger partial charge in [0.15, 0.2) is 0 Å². The van der Waals surface area contributed by atoms with Gasteiger partial charge in [-0.3, -0.25) is 9.78 Å². The minimum absolute atomic E-state index is 0.0498. The normalized spacial score (nSPS) is 15.9. The van der Waals surface area contributed by atoms with E-state index in [4.69, 9.17) is 14.2 Å². The molecule has 5 rings (SSSR count). The van der Waals surface area contributed by atoms with Gasteiger partial charge in [-0.2, -0.15) is 0 Å². The highest BCUT2D eigenvalue weighted by atomic mass is 19.1. The Morgan fingerprint density at radius 3 is 2.27 bits per heavy atom. The Morgan fingerprint density at radius 2 is 1.62 bits per heavy atom. The first-order valence-corrected chi connectivity index (χ1v) is 15.7. The Kier molecular flexibility index (Phi) is 12.4. The Morgan fingerprint density at radius 1 is 0.938 bits per heavy atom. The highest BCUT2D eigenvalue weighted by Gasteiger charge is 2.24. The molecule has 12 heteroatoms. The second-order valence-electron chi connectivity index (χ2n) is 11.3. The van der Waals surface area contributed by atoms with Crippen LogP contribution < -0.4 is 20.7 Å². The van der Waals surface area contributed by atoms with E-state index in [2.05, 4.69) is 20.9 Å². The minimum atomic E-state index is -0.559. The van der Waals surface area contributed by atoms with E-state index in [-0.39, 0.29) is 37.3 Å². The molecule has 3 aromatic carbocycles. The molecule has 3 N–H and O–H groups in total. The zero-order valence-electron chi connectivity index (χ0n) is 26.2. The van der Waals surface area contributed by atoms with Gasteiger partial charge in [0.05, 0.1) is 43.4 Å². The highest BCUT2D eigenvalue weighted by molar-refractivity contribution is 5.92. The summed E-state index contributed by atoms with van der Waals surface area (Å²) in [4.78, 5) is 29.2. The molecule has 1 aliphatic heterocycles. The fraction of sp³-hybridized carbons (Fsp3) is 0.306. The maximum Gasteiger partial charge on any atom is 0.407 e. The van der Waals surface area contributed by atoms with Gasteiger partial charge in [-0.1, -0.05) is 42.5 Å². The summed E-state index contributed by atoms with van der Waals surface area (Å²) >= 11 is 0. The number of nitrogens with zero attached hydrogens (tertiary/aromatic N) is 1. The topological polar surface area (TPSA) is 111 Å². The number of morpholine rings is 1. The van der Waals surface area contributed by atoms with Crippen LogP contribution in [-0.4, -0.2) is 62.0 Å². The molecule has 4 aromatic rings. The number of halogens is 3. The van der Waals surface area contributed by atoms with Gasteiger partial charge in [0, 0.05) is 24.4 Å². The molecule has 1 aromatic heterocycles. The zero-order valence-corrected chi connectivity index (χ0v) is 26.2. The lowest BCUT2D eigenvalue weighted by molar-refractivity contribution is -0.116. The first-order chi connectivity index (χ1) is 23.3. The first kappa shape index (κ1) is 34.4. The van der Waals surface area contributed by atoms with Crippen LogP contribution in [0.25, 0.3) is 0 Å². The summed E-state index contributed by atoms with van der Waals surface area (Å²) in [7, 11) is 0. The molecule has 0 aliphatic carbocycles. The first-order valence-electron chi connectivity index (χ1n) is 15.7. The Bertz CT molecular complexity index is 1570. The monoisotopic (exact) mass is 662 g/mol. The molecular formula is C36H37F3N4O5. The number of para-hydroxylation sites is 1. The van der Waals surface area contributed by atoms with Gasteiger partial charge in [-0.15, -0.1) is 0 Å². The van der Waals surface area contributed by atoms with E-state index >= 15 is 0 Å². The summed E-state index contributed by atoms with van der Waals surface area (Å²) < 4.78 is 58.9. The van der Waals surface area contributed by atoms with E-state index in [1.807, 2.05) is 30.3 Å². The van der Waals surface area contributed by atoms with Crippen LogP contribution in [0.5, 0.6) is 5.75 Å². The molecule has 252 valence electrons. The standard InChI is InChI=1S/C36H37F3N4O5/c37-26-10-6-24(7-11-26)32(25-8-12-27(38)13-9-25)18-35(44)43-34-21-40-20-33(39)31(34)15-14-30-19-42-28(22-47-30)23-48-36(45)41-16-17-46-29-4-2-1-3-5-29/h1-13,20-21,28,30,32,42H,14-19,22-23H2,(H,41,45)(H,43,44)/t28-,30+/m0/s1. The van der Waals surface area contributed by atoms with Crippen LogP contribution in [0.3, 0.4) is 0 Å². The second kappa shape index (κ2) is 17.3. The summed E-state index contributed by atoms with van der Waals surface area (Å²) in [6.07, 6.45) is 2.38. The Hall–Kier alpha value is -4.94. The van der Waals surface area contributed by atoms with Crippen LogP contribution in [-0.2, 0) is 20.7 Å². The number of benzene rings is 3. The maximum absolute atomic E-state index is 15.0. The zero-order chi connectivity index (χ0) is 33.7. The fourth-order valence-electron chi connectivity index (χ4n) is 5.36. The summed E-state index contributed by atoms with van der Waals surface area (Å²) in [5.74, 6) is -1.57. The van der Waals surface area contributed by atoms with Crippen LogP contribution in [0.15, 0.2) is 91.3 Å². The van der Waals surface area contributed by atoms with Crippen LogP contribution >= 0.6 is 0 Å². The average molecular weight is 663 g/mol. The van der Waals surface area contributed by atoms with Crippen LogP contribution in [0, 0.1) is 17.5 Å². The molecule has 2 amide bonds. The van der Waals surface area contributed by atoms with Crippen molar-refractivity contribution in [2.75, 3.05) is 38.2 Å². The van der Waals surface area contributed by atoms with Crippen molar-refractivity contribution in [2.24, 2.45) is 0 Å². The molecule has 48 heavy (non-hydrogen) atoms. The van der Waals surface area contributed by atoms with E-state index in [1.165, 1.54) is 30.5 Å². The van der Waals surface area contributed by atoms with Crippen LogP contribution in [0.1, 0.15) is 35.4 Å². The minimum Gasteiger partial charge on any atom is -0.492 e. The molecule has 0 saturated carbocycles. The van der Waals surface area contributed by atoms with E-state index in [0.29, 0.717) is 55.2 Å². The number of anilines is 1. The lowest BCUT2D eigenvalue weighted by Gasteiger charge is -2.30. The van der Waals surface area contributed by atoms with E-state index in [1.54, 1.807) is 24.3 Å². The highest BCUT2D eigenvalue weighted by Crippen LogP contribution is 2.30. The quantitative estimate of drug-likeness (QED) is 0.148. The van der Waals surface area contributed by atoms with Gasteiger partial charge < -0.3 is 30.2 Å². The largest absolute Gasteiger partial charge is 0.492 e. The third-order valence-corrected chi connectivity index (χ3v) is 7.90. The number of aromatic nitrogens is 1. The number of hydrogen-bond donors (Lipinski definition) is 3. The summed E-state index contributed by atoms with van der Waals surface area (Å²) in [5, 5.41) is 8.72. The van der Waals surface area contributed by atoms with Crippen molar-refractivity contribution in [3.05, 3.63) is 125 Å². The van der Waals surface area contributed by atoms with Crippen molar-refractivity contribution in [1.29, 1.82) is 0 Å².